The molecule has 2 fully saturated rings. The molecule has 0 radical (unpaired) electrons. The summed E-state index contributed by atoms with van der Waals surface area (Å²) in [7, 11) is 0. The van der Waals surface area contributed by atoms with Crippen molar-refractivity contribution >= 4 is 0 Å². The Morgan fingerprint density at radius 2 is 1.76 bits per heavy atom. The van der Waals surface area contributed by atoms with E-state index in [2.05, 4.69) is 31.0 Å². The van der Waals surface area contributed by atoms with Crippen LogP contribution in [0.3, 0.4) is 0 Å². The lowest BCUT2D eigenvalue weighted by Crippen LogP contribution is -2.53. The van der Waals surface area contributed by atoms with Crippen LogP contribution in [0.1, 0.15) is 59.3 Å². The molecule has 2 rings (SSSR count). The highest BCUT2D eigenvalue weighted by Gasteiger charge is 2.34. The molecule has 0 spiro atoms. The summed E-state index contributed by atoms with van der Waals surface area (Å²) in [6.45, 7) is 9.38. The Morgan fingerprint density at radius 3 is 2.53 bits per heavy atom. The molecule has 1 saturated heterocycles. The average molecular weight is 238 g/mol. The van der Waals surface area contributed by atoms with Gasteiger partial charge in [0.15, 0.2) is 0 Å². The lowest BCUT2D eigenvalue weighted by molar-refractivity contribution is 0.0310. The van der Waals surface area contributed by atoms with Crippen molar-refractivity contribution in [3.05, 3.63) is 0 Å². The topological polar surface area (TPSA) is 15.3 Å². The standard InChI is InChI=1S/C15H30N2/c1-12(2)16-11-13(3)17-10-6-8-14-7-4-5-9-15(14)17/h12-16H,4-11H2,1-3H3. The zero-order chi connectivity index (χ0) is 12.3. The molecule has 2 nitrogen and oxygen atoms in total. The molecule has 1 saturated carbocycles. The van der Waals surface area contributed by atoms with Crippen molar-refractivity contribution in [2.45, 2.75) is 77.4 Å². The summed E-state index contributed by atoms with van der Waals surface area (Å²) in [6, 6.07) is 2.23. The minimum Gasteiger partial charge on any atom is -0.313 e. The molecule has 0 aromatic heterocycles. The van der Waals surface area contributed by atoms with Crippen molar-refractivity contribution in [1.29, 1.82) is 0 Å². The molecule has 0 aromatic carbocycles. The van der Waals surface area contributed by atoms with Gasteiger partial charge in [0, 0.05) is 24.7 Å². The van der Waals surface area contributed by atoms with Crippen molar-refractivity contribution in [3.63, 3.8) is 0 Å². The Kier molecular flexibility index (Phi) is 4.87. The summed E-state index contributed by atoms with van der Waals surface area (Å²) < 4.78 is 0. The largest absolute Gasteiger partial charge is 0.313 e. The maximum atomic E-state index is 3.60. The summed E-state index contributed by atoms with van der Waals surface area (Å²) in [4.78, 5) is 2.81. The first-order chi connectivity index (χ1) is 8.18. The van der Waals surface area contributed by atoms with Gasteiger partial charge in [-0.2, -0.15) is 0 Å². The summed E-state index contributed by atoms with van der Waals surface area (Å²) in [5.74, 6) is 1.01. The van der Waals surface area contributed by atoms with Crippen LogP contribution in [0.5, 0.6) is 0 Å². The van der Waals surface area contributed by atoms with Gasteiger partial charge in [0.1, 0.15) is 0 Å². The van der Waals surface area contributed by atoms with E-state index in [1.807, 2.05) is 0 Å². The summed E-state index contributed by atoms with van der Waals surface area (Å²) >= 11 is 0. The van der Waals surface area contributed by atoms with Crippen LogP contribution in [0.15, 0.2) is 0 Å². The van der Waals surface area contributed by atoms with Crippen LogP contribution in [0.4, 0.5) is 0 Å². The zero-order valence-corrected chi connectivity index (χ0v) is 11.9. The second-order valence-corrected chi connectivity index (χ2v) is 6.40. The molecule has 1 aliphatic heterocycles. The minimum absolute atomic E-state index is 0.615. The minimum atomic E-state index is 0.615. The first kappa shape index (κ1) is 13.4. The second kappa shape index (κ2) is 6.19. The summed E-state index contributed by atoms with van der Waals surface area (Å²) in [5, 5.41) is 3.60. The fourth-order valence-corrected chi connectivity index (χ4v) is 3.73. The number of hydrogen-bond donors (Lipinski definition) is 1. The van der Waals surface area contributed by atoms with Crippen LogP contribution in [-0.4, -0.2) is 36.1 Å². The molecule has 0 amide bonds. The van der Waals surface area contributed by atoms with Gasteiger partial charge < -0.3 is 5.32 Å². The highest BCUT2D eigenvalue weighted by Crippen LogP contribution is 2.36. The van der Waals surface area contributed by atoms with Crippen molar-refractivity contribution in [3.8, 4) is 0 Å². The molecule has 1 heterocycles. The zero-order valence-electron chi connectivity index (χ0n) is 11.9. The Labute approximate surface area is 107 Å². The van der Waals surface area contributed by atoms with E-state index in [1.165, 1.54) is 45.1 Å². The summed E-state index contributed by atoms with van der Waals surface area (Å²) in [5.41, 5.74) is 0. The van der Waals surface area contributed by atoms with Gasteiger partial charge in [-0.15, -0.1) is 0 Å². The van der Waals surface area contributed by atoms with E-state index < -0.39 is 0 Å². The van der Waals surface area contributed by atoms with Gasteiger partial charge in [-0.1, -0.05) is 26.7 Å². The van der Waals surface area contributed by atoms with Crippen LogP contribution in [0, 0.1) is 5.92 Å². The molecule has 1 aliphatic carbocycles. The number of nitrogens with zero attached hydrogens (tertiary/aromatic N) is 1. The van der Waals surface area contributed by atoms with Crippen molar-refractivity contribution in [1.82, 2.24) is 10.2 Å². The molecule has 2 aliphatic rings. The van der Waals surface area contributed by atoms with E-state index in [1.54, 1.807) is 0 Å². The van der Waals surface area contributed by atoms with E-state index in [4.69, 9.17) is 0 Å². The molecule has 3 unspecified atom stereocenters. The third-order valence-electron chi connectivity index (χ3n) is 4.67. The lowest BCUT2D eigenvalue weighted by Gasteiger charge is -2.47. The Bertz CT molecular complexity index is 225. The molecular weight excluding hydrogens is 208 g/mol. The van der Waals surface area contributed by atoms with Crippen LogP contribution < -0.4 is 5.32 Å². The van der Waals surface area contributed by atoms with Crippen LogP contribution in [-0.2, 0) is 0 Å². The molecular formula is C15H30N2. The van der Waals surface area contributed by atoms with E-state index in [9.17, 15) is 0 Å². The first-order valence-corrected chi connectivity index (χ1v) is 7.67. The Balaban J connectivity index is 1.88. The fraction of sp³-hybridized carbons (Fsp3) is 1.00. The number of fused-ring (bicyclic) bond motifs is 1. The van der Waals surface area contributed by atoms with E-state index in [0.29, 0.717) is 12.1 Å². The van der Waals surface area contributed by atoms with Crippen molar-refractivity contribution < 1.29 is 0 Å². The lowest BCUT2D eigenvalue weighted by atomic mass is 9.78. The van der Waals surface area contributed by atoms with Gasteiger partial charge in [0.25, 0.3) is 0 Å². The predicted molar refractivity (Wildman–Crippen MR) is 74.3 cm³/mol. The van der Waals surface area contributed by atoms with Gasteiger partial charge in [0.05, 0.1) is 0 Å². The maximum absolute atomic E-state index is 3.60. The van der Waals surface area contributed by atoms with E-state index in [0.717, 1.165) is 18.5 Å². The van der Waals surface area contributed by atoms with Gasteiger partial charge in [-0.25, -0.2) is 0 Å². The first-order valence-electron chi connectivity index (χ1n) is 7.67. The van der Waals surface area contributed by atoms with Crippen LogP contribution in [0.2, 0.25) is 0 Å². The third-order valence-corrected chi connectivity index (χ3v) is 4.67. The molecule has 3 atom stereocenters. The molecule has 100 valence electrons. The third kappa shape index (κ3) is 3.45. The van der Waals surface area contributed by atoms with Gasteiger partial charge >= 0.3 is 0 Å². The predicted octanol–water partition coefficient (Wildman–Crippen LogP) is 3.03. The van der Waals surface area contributed by atoms with Gasteiger partial charge in [0.2, 0.25) is 0 Å². The quantitative estimate of drug-likeness (QED) is 0.810. The monoisotopic (exact) mass is 238 g/mol. The molecule has 2 heteroatoms. The fourth-order valence-electron chi connectivity index (χ4n) is 3.73. The van der Waals surface area contributed by atoms with Crippen LogP contribution in [0.25, 0.3) is 0 Å². The van der Waals surface area contributed by atoms with Crippen LogP contribution >= 0.6 is 0 Å². The highest BCUT2D eigenvalue weighted by molar-refractivity contribution is 4.90. The normalized spacial score (nSPS) is 32.5. The van der Waals surface area contributed by atoms with Crippen molar-refractivity contribution in [2.24, 2.45) is 5.92 Å². The van der Waals surface area contributed by atoms with E-state index in [-0.39, 0.29) is 0 Å². The second-order valence-electron chi connectivity index (χ2n) is 6.40. The number of nitrogens with one attached hydrogen (secondary N) is 1. The smallest absolute Gasteiger partial charge is 0.0195 e. The maximum Gasteiger partial charge on any atom is 0.0195 e. The molecule has 0 aromatic rings. The molecule has 17 heavy (non-hydrogen) atoms. The van der Waals surface area contributed by atoms with Gasteiger partial charge in [-0.3, -0.25) is 4.90 Å². The SMILES string of the molecule is CC(C)NCC(C)N1CCCC2CCCCC21. The Hall–Kier alpha value is -0.0800. The number of likely N-dealkylation sites (tertiary alicyclic amines) is 1. The molecule has 1 N–H and O–H groups in total. The number of rotatable bonds is 4. The summed E-state index contributed by atoms with van der Waals surface area (Å²) in [6.07, 6.45) is 8.80. The Morgan fingerprint density at radius 1 is 1.06 bits per heavy atom. The number of hydrogen-bond acceptors (Lipinski definition) is 2. The molecule has 0 bridgehead atoms. The van der Waals surface area contributed by atoms with Crippen molar-refractivity contribution in [2.75, 3.05) is 13.1 Å². The highest BCUT2D eigenvalue weighted by atomic mass is 15.2. The number of piperidine rings is 1. The van der Waals surface area contributed by atoms with Gasteiger partial charge in [-0.05, 0) is 45.1 Å². The van der Waals surface area contributed by atoms with E-state index >= 15 is 0 Å². The average Bonchev–Trinajstić information content (AvgIpc) is 2.35.